The quantitative estimate of drug-likeness (QED) is 0.413. The van der Waals surface area contributed by atoms with Crippen molar-refractivity contribution < 1.29 is 0 Å². The number of nitriles is 1. The molecule has 0 bridgehead atoms. The second-order valence-corrected chi connectivity index (χ2v) is 2.10. The van der Waals surface area contributed by atoms with Gasteiger partial charge in [0, 0.05) is 11.6 Å². The summed E-state index contributed by atoms with van der Waals surface area (Å²) in [5.74, 6) is 5.64. The third kappa shape index (κ3) is 2.73. The molecule has 1 nitrogen and oxygen atoms in total. The van der Waals surface area contributed by atoms with E-state index >= 15 is 0 Å². The molecule has 0 N–H and O–H groups in total. The minimum absolute atomic E-state index is 0.958. The normalized spacial score (nSPS) is 8.58. The Hall–Kier alpha value is -1.99. The maximum absolute atomic E-state index is 8.16. The molecule has 0 aliphatic rings. The minimum atomic E-state index is 0.958. The van der Waals surface area contributed by atoms with Crippen LogP contribution >= 0.6 is 0 Å². The van der Waals surface area contributed by atoms with Crippen LogP contribution in [0.15, 0.2) is 42.5 Å². The van der Waals surface area contributed by atoms with Crippen LogP contribution < -0.4 is 0 Å². The van der Waals surface area contributed by atoms with E-state index in [9.17, 15) is 0 Å². The number of allylic oxidation sites excluding steroid dienone is 2. The van der Waals surface area contributed by atoms with Crippen LogP contribution in [0.5, 0.6) is 0 Å². The fraction of sp³-hybridized carbons (Fsp3) is 0. The van der Waals surface area contributed by atoms with E-state index < -0.39 is 0 Å². The lowest BCUT2D eigenvalue weighted by Gasteiger charge is -1.83. The van der Waals surface area contributed by atoms with Gasteiger partial charge in [0.05, 0.1) is 6.07 Å². The topological polar surface area (TPSA) is 23.8 Å². The van der Waals surface area contributed by atoms with Crippen molar-refractivity contribution in [1.82, 2.24) is 0 Å². The largest absolute Gasteiger partial charge is 0.193 e. The van der Waals surface area contributed by atoms with Gasteiger partial charge in [-0.25, -0.2) is 0 Å². The van der Waals surface area contributed by atoms with Crippen molar-refractivity contribution in [3.05, 3.63) is 48.0 Å². The highest BCUT2D eigenvalue weighted by Crippen LogP contribution is 1.94. The molecule has 1 aromatic carbocycles. The van der Waals surface area contributed by atoms with E-state index in [1.165, 1.54) is 12.2 Å². The number of hydrogen-bond acceptors (Lipinski definition) is 1. The monoisotopic (exact) mass is 153 g/mol. The van der Waals surface area contributed by atoms with Crippen LogP contribution in [-0.4, -0.2) is 0 Å². The summed E-state index contributed by atoms with van der Waals surface area (Å²) < 4.78 is 0. The molecule has 0 aromatic heterocycles. The van der Waals surface area contributed by atoms with Crippen molar-refractivity contribution in [3.63, 3.8) is 0 Å². The Bertz CT molecular complexity index is 357. The average molecular weight is 153 g/mol. The van der Waals surface area contributed by atoms with E-state index in [0.29, 0.717) is 0 Å². The van der Waals surface area contributed by atoms with Crippen molar-refractivity contribution in [3.8, 4) is 17.9 Å². The average Bonchev–Trinajstić information content (AvgIpc) is 2.14. The summed E-state index contributed by atoms with van der Waals surface area (Å²) in [6.45, 7) is 0. The SMILES string of the molecule is N#C/C=C\C#Cc1ccccc1. The summed E-state index contributed by atoms with van der Waals surface area (Å²) in [6.07, 6.45) is 2.89. The van der Waals surface area contributed by atoms with E-state index in [1.807, 2.05) is 36.4 Å². The molecule has 0 atom stereocenters. The third-order valence-electron chi connectivity index (χ3n) is 1.23. The van der Waals surface area contributed by atoms with Gasteiger partial charge in [-0.1, -0.05) is 30.0 Å². The van der Waals surface area contributed by atoms with E-state index in [2.05, 4.69) is 11.8 Å². The molecular formula is C11H7N. The van der Waals surface area contributed by atoms with Gasteiger partial charge in [0.15, 0.2) is 0 Å². The molecule has 56 valence electrons. The molecule has 0 aliphatic heterocycles. The summed E-state index contributed by atoms with van der Waals surface area (Å²) in [5, 5.41) is 8.16. The fourth-order valence-electron chi connectivity index (χ4n) is 0.725. The lowest BCUT2D eigenvalue weighted by Crippen LogP contribution is -1.68. The molecule has 0 heterocycles. The molecule has 1 heteroatoms. The molecule has 1 aromatic rings. The molecule has 0 saturated heterocycles. The van der Waals surface area contributed by atoms with E-state index in [1.54, 1.807) is 0 Å². The molecule has 0 radical (unpaired) electrons. The maximum atomic E-state index is 8.16. The first-order chi connectivity index (χ1) is 5.93. The van der Waals surface area contributed by atoms with Gasteiger partial charge in [0.1, 0.15) is 0 Å². The van der Waals surface area contributed by atoms with Crippen molar-refractivity contribution in [2.75, 3.05) is 0 Å². The van der Waals surface area contributed by atoms with Crippen molar-refractivity contribution in [2.24, 2.45) is 0 Å². The van der Waals surface area contributed by atoms with Crippen LogP contribution in [0.3, 0.4) is 0 Å². The number of hydrogen-bond donors (Lipinski definition) is 0. The zero-order chi connectivity index (χ0) is 8.65. The predicted molar refractivity (Wildman–Crippen MR) is 48.1 cm³/mol. The molecule has 0 saturated carbocycles. The zero-order valence-corrected chi connectivity index (χ0v) is 6.49. The Balaban J connectivity index is 2.69. The summed E-state index contributed by atoms with van der Waals surface area (Å²) in [4.78, 5) is 0. The smallest absolute Gasteiger partial charge is 0.0918 e. The van der Waals surface area contributed by atoms with Gasteiger partial charge >= 0.3 is 0 Å². The Kier molecular flexibility index (Phi) is 3.22. The molecule has 12 heavy (non-hydrogen) atoms. The Morgan fingerprint density at radius 1 is 1.08 bits per heavy atom. The number of rotatable bonds is 0. The molecule has 0 fully saturated rings. The highest BCUT2D eigenvalue weighted by atomic mass is 14.2. The number of benzene rings is 1. The summed E-state index contributed by atoms with van der Waals surface area (Å²) in [6, 6.07) is 11.5. The second kappa shape index (κ2) is 4.77. The van der Waals surface area contributed by atoms with Crippen molar-refractivity contribution in [1.29, 1.82) is 5.26 Å². The zero-order valence-electron chi connectivity index (χ0n) is 6.49. The van der Waals surface area contributed by atoms with Crippen LogP contribution in [0.2, 0.25) is 0 Å². The van der Waals surface area contributed by atoms with Crippen LogP contribution in [0.4, 0.5) is 0 Å². The standard InChI is InChI=1S/C11H7N/c12-10-6-2-5-9-11-7-3-1-4-8-11/h1-4,6-8H/b6-2-. The summed E-state index contributed by atoms with van der Waals surface area (Å²) in [7, 11) is 0. The molecular weight excluding hydrogens is 146 g/mol. The first-order valence-electron chi connectivity index (χ1n) is 3.54. The van der Waals surface area contributed by atoms with Gasteiger partial charge in [-0.3, -0.25) is 0 Å². The van der Waals surface area contributed by atoms with Crippen molar-refractivity contribution >= 4 is 0 Å². The maximum Gasteiger partial charge on any atom is 0.0918 e. The first-order valence-corrected chi connectivity index (χ1v) is 3.54. The summed E-state index contributed by atoms with van der Waals surface area (Å²) in [5.41, 5.74) is 0.958. The highest BCUT2D eigenvalue weighted by molar-refractivity contribution is 5.37. The van der Waals surface area contributed by atoms with Gasteiger partial charge < -0.3 is 0 Å². The van der Waals surface area contributed by atoms with E-state index in [4.69, 9.17) is 5.26 Å². The van der Waals surface area contributed by atoms with Gasteiger partial charge in [-0.15, -0.1) is 0 Å². The molecule has 0 aliphatic carbocycles. The van der Waals surface area contributed by atoms with Gasteiger partial charge in [0.25, 0.3) is 0 Å². The minimum Gasteiger partial charge on any atom is -0.193 e. The van der Waals surface area contributed by atoms with Crippen LogP contribution in [-0.2, 0) is 0 Å². The second-order valence-electron chi connectivity index (χ2n) is 2.10. The number of nitrogens with zero attached hydrogens (tertiary/aromatic N) is 1. The van der Waals surface area contributed by atoms with Gasteiger partial charge in [0.2, 0.25) is 0 Å². The van der Waals surface area contributed by atoms with Crippen LogP contribution in [0.25, 0.3) is 0 Å². The lowest BCUT2D eigenvalue weighted by molar-refractivity contribution is 1.53. The molecule has 0 unspecified atom stereocenters. The Morgan fingerprint density at radius 2 is 1.83 bits per heavy atom. The third-order valence-corrected chi connectivity index (χ3v) is 1.23. The van der Waals surface area contributed by atoms with E-state index in [-0.39, 0.29) is 0 Å². The van der Waals surface area contributed by atoms with Gasteiger partial charge in [-0.05, 0) is 18.2 Å². The molecule has 0 amide bonds. The predicted octanol–water partition coefficient (Wildman–Crippen LogP) is 2.12. The van der Waals surface area contributed by atoms with Crippen molar-refractivity contribution in [2.45, 2.75) is 0 Å². The lowest BCUT2D eigenvalue weighted by atomic mass is 10.2. The molecule has 0 spiro atoms. The Labute approximate surface area is 72.0 Å². The van der Waals surface area contributed by atoms with E-state index in [0.717, 1.165) is 5.56 Å². The first kappa shape index (κ1) is 8.11. The van der Waals surface area contributed by atoms with Crippen LogP contribution in [0, 0.1) is 23.2 Å². The fourth-order valence-corrected chi connectivity index (χ4v) is 0.725. The highest BCUT2D eigenvalue weighted by Gasteiger charge is 1.78. The Morgan fingerprint density at radius 3 is 2.50 bits per heavy atom. The summed E-state index contributed by atoms with van der Waals surface area (Å²) >= 11 is 0. The van der Waals surface area contributed by atoms with Crippen LogP contribution in [0.1, 0.15) is 5.56 Å². The van der Waals surface area contributed by atoms with Gasteiger partial charge in [-0.2, -0.15) is 5.26 Å². The molecule has 1 rings (SSSR count).